The first-order valence-electron chi connectivity index (χ1n) is 10.9. The molecule has 2 heterocycles. The highest BCUT2D eigenvalue weighted by Crippen LogP contribution is 2.32. The third-order valence-corrected chi connectivity index (χ3v) is 6.53. The summed E-state index contributed by atoms with van der Waals surface area (Å²) < 4.78 is 1.81. The van der Waals surface area contributed by atoms with Crippen LogP contribution in [0, 0.1) is 0 Å². The predicted octanol–water partition coefficient (Wildman–Crippen LogP) is 2.32. The average molecular weight is 418 g/mol. The first kappa shape index (κ1) is 19.8. The minimum atomic E-state index is -0.421. The Balaban J connectivity index is 1.30. The van der Waals surface area contributed by atoms with Crippen molar-refractivity contribution in [1.82, 2.24) is 25.3 Å². The van der Waals surface area contributed by atoms with E-state index in [1.54, 1.807) is 0 Å². The summed E-state index contributed by atoms with van der Waals surface area (Å²) in [6.45, 7) is 2.21. The second-order valence-corrected chi connectivity index (χ2v) is 8.56. The fourth-order valence-corrected chi connectivity index (χ4v) is 4.54. The van der Waals surface area contributed by atoms with E-state index in [9.17, 15) is 9.59 Å². The van der Waals surface area contributed by atoms with Crippen molar-refractivity contribution >= 4 is 22.7 Å². The van der Waals surface area contributed by atoms with Crippen molar-refractivity contribution in [3.8, 4) is 11.1 Å². The lowest BCUT2D eigenvalue weighted by atomic mass is 9.76. The Morgan fingerprint density at radius 3 is 2.52 bits per heavy atom. The van der Waals surface area contributed by atoms with Crippen LogP contribution in [0.15, 0.2) is 48.7 Å². The van der Waals surface area contributed by atoms with Crippen LogP contribution in [0.3, 0.4) is 0 Å². The number of rotatable bonds is 2. The molecule has 0 atom stereocenters. The fourth-order valence-electron chi connectivity index (χ4n) is 4.54. The standard InChI is InChI=1S/C24H27N5O2/c1-28-16-20-8-7-19(15-21(20)27-28)17-3-5-18(6-4-17)22(30)29-13-11-25-23(31)24(9-2-10-24)26-12-14-29/h3-8,15-16,26H,2,9-14H2,1H3,(H,25,31). The molecule has 7 nitrogen and oxygen atoms in total. The summed E-state index contributed by atoms with van der Waals surface area (Å²) in [5, 5.41) is 12.0. The molecule has 31 heavy (non-hydrogen) atoms. The molecule has 2 aromatic carbocycles. The van der Waals surface area contributed by atoms with Gasteiger partial charge in [-0.1, -0.05) is 24.3 Å². The summed E-state index contributed by atoms with van der Waals surface area (Å²) in [4.78, 5) is 27.4. The molecule has 5 rings (SSSR count). The van der Waals surface area contributed by atoms with Crippen LogP contribution in [-0.2, 0) is 11.8 Å². The molecule has 160 valence electrons. The highest BCUT2D eigenvalue weighted by atomic mass is 16.2. The molecule has 1 aromatic heterocycles. The highest BCUT2D eigenvalue weighted by Gasteiger charge is 2.43. The maximum absolute atomic E-state index is 13.1. The van der Waals surface area contributed by atoms with Gasteiger partial charge in [0.05, 0.1) is 11.1 Å². The Bertz CT molecular complexity index is 1130. The normalized spacial score (nSPS) is 18.7. The fraction of sp³-hybridized carbons (Fsp3) is 0.375. The van der Waals surface area contributed by atoms with Crippen molar-refractivity contribution in [3.63, 3.8) is 0 Å². The van der Waals surface area contributed by atoms with Crippen LogP contribution in [0.4, 0.5) is 0 Å². The van der Waals surface area contributed by atoms with Gasteiger partial charge in [0, 0.05) is 50.4 Å². The number of aromatic nitrogens is 2. The van der Waals surface area contributed by atoms with Crippen LogP contribution in [0.5, 0.6) is 0 Å². The van der Waals surface area contributed by atoms with E-state index in [-0.39, 0.29) is 11.8 Å². The molecule has 1 spiro atoms. The highest BCUT2D eigenvalue weighted by molar-refractivity contribution is 5.95. The molecule has 3 aromatic rings. The summed E-state index contributed by atoms with van der Waals surface area (Å²) >= 11 is 0. The van der Waals surface area contributed by atoms with E-state index in [1.807, 2.05) is 47.1 Å². The van der Waals surface area contributed by atoms with Gasteiger partial charge in [-0.25, -0.2) is 0 Å². The molecule has 1 saturated heterocycles. The van der Waals surface area contributed by atoms with Gasteiger partial charge in [-0.15, -0.1) is 0 Å². The van der Waals surface area contributed by atoms with Crippen molar-refractivity contribution in [1.29, 1.82) is 0 Å². The van der Waals surface area contributed by atoms with Crippen LogP contribution in [0.2, 0.25) is 0 Å². The Morgan fingerprint density at radius 1 is 1.03 bits per heavy atom. The van der Waals surface area contributed by atoms with Gasteiger partial charge in [0.25, 0.3) is 5.91 Å². The van der Waals surface area contributed by atoms with Crippen molar-refractivity contribution in [2.75, 3.05) is 26.2 Å². The second kappa shape index (κ2) is 7.81. The first-order valence-corrected chi connectivity index (χ1v) is 10.9. The zero-order chi connectivity index (χ0) is 21.4. The molecule has 1 aliphatic carbocycles. The first-order chi connectivity index (χ1) is 15.0. The van der Waals surface area contributed by atoms with Gasteiger partial charge >= 0.3 is 0 Å². The Morgan fingerprint density at radius 2 is 1.77 bits per heavy atom. The maximum atomic E-state index is 13.1. The minimum absolute atomic E-state index is 0.00710. The van der Waals surface area contributed by atoms with Crippen LogP contribution in [-0.4, -0.2) is 58.2 Å². The van der Waals surface area contributed by atoms with Crippen LogP contribution >= 0.6 is 0 Å². The summed E-state index contributed by atoms with van der Waals surface area (Å²) in [5.74, 6) is 0.0645. The quantitative estimate of drug-likeness (QED) is 0.671. The van der Waals surface area contributed by atoms with Gasteiger partial charge in [0.1, 0.15) is 0 Å². The third kappa shape index (κ3) is 3.70. The van der Waals surface area contributed by atoms with Crippen molar-refractivity contribution in [2.24, 2.45) is 7.05 Å². The van der Waals surface area contributed by atoms with E-state index >= 15 is 0 Å². The molecular formula is C24H27N5O2. The van der Waals surface area contributed by atoms with E-state index in [1.165, 1.54) is 0 Å². The molecule has 0 bridgehead atoms. The molecule has 0 radical (unpaired) electrons. The number of nitrogens with one attached hydrogen (secondary N) is 2. The molecule has 0 unspecified atom stereocenters. The summed E-state index contributed by atoms with van der Waals surface area (Å²) in [5.41, 5.74) is 3.32. The number of hydrogen-bond acceptors (Lipinski definition) is 4. The zero-order valence-corrected chi connectivity index (χ0v) is 17.7. The number of amides is 2. The summed E-state index contributed by atoms with van der Waals surface area (Å²) in [7, 11) is 1.92. The Labute approximate surface area is 181 Å². The molecule has 7 heteroatoms. The molecule has 2 amide bonds. The number of benzene rings is 2. The third-order valence-electron chi connectivity index (χ3n) is 6.53. The van der Waals surface area contributed by atoms with Crippen LogP contribution < -0.4 is 10.6 Å². The lowest BCUT2D eigenvalue weighted by molar-refractivity contribution is -0.130. The summed E-state index contributed by atoms with van der Waals surface area (Å²) in [6, 6.07) is 13.9. The van der Waals surface area contributed by atoms with Gasteiger partial charge in [0.2, 0.25) is 5.91 Å². The average Bonchev–Trinajstić information content (AvgIpc) is 3.15. The van der Waals surface area contributed by atoms with Gasteiger partial charge in [-0.05, 0) is 48.6 Å². The second-order valence-electron chi connectivity index (χ2n) is 8.56. The zero-order valence-electron chi connectivity index (χ0n) is 17.7. The summed E-state index contributed by atoms with van der Waals surface area (Å²) in [6.07, 6.45) is 4.82. The van der Waals surface area contributed by atoms with Gasteiger partial charge in [-0.3, -0.25) is 14.3 Å². The SMILES string of the molecule is Cn1cc2ccc(-c3ccc(C(=O)N4CCNC(=O)C5(CCC5)NCC4)cc3)cc2n1. The van der Waals surface area contributed by atoms with Crippen LogP contribution in [0.25, 0.3) is 22.0 Å². The van der Waals surface area contributed by atoms with Crippen LogP contribution in [0.1, 0.15) is 29.6 Å². The minimum Gasteiger partial charge on any atom is -0.353 e. The van der Waals surface area contributed by atoms with E-state index in [0.717, 1.165) is 41.3 Å². The monoisotopic (exact) mass is 417 g/mol. The lowest BCUT2D eigenvalue weighted by Gasteiger charge is -2.40. The number of aryl methyl sites for hydroxylation is 1. The van der Waals surface area contributed by atoms with Gasteiger partial charge < -0.3 is 15.5 Å². The molecule has 2 aliphatic rings. The smallest absolute Gasteiger partial charge is 0.253 e. The van der Waals surface area contributed by atoms with Crippen molar-refractivity contribution < 1.29 is 9.59 Å². The maximum Gasteiger partial charge on any atom is 0.253 e. The molecule has 1 saturated carbocycles. The number of fused-ring (bicyclic) bond motifs is 1. The Hall–Kier alpha value is -3.19. The van der Waals surface area contributed by atoms with E-state index < -0.39 is 5.54 Å². The van der Waals surface area contributed by atoms with E-state index in [0.29, 0.717) is 31.7 Å². The number of carbonyl (C=O) groups excluding carboxylic acids is 2. The van der Waals surface area contributed by atoms with E-state index in [2.05, 4.69) is 33.9 Å². The Kier molecular flexibility index (Phi) is 4.98. The van der Waals surface area contributed by atoms with Crippen molar-refractivity contribution in [2.45, 2.75) is 24.8 Å². The van der Waals surface area contributed by atoms with Gasteiger partial charge in [0.15, 0.2) is 0 Å². The lowest BCUT2D eigenvalue weighted by Crippen LogP contribution is -2.61. The van der Waals surface area contributed by atoms with Crippen molar-refractivity contribution in [3.05, 3.63) is 54.2 Å². The molecule has 2 N–H and O–H groups in total. The molecule has 2 fully saturated rings. The number of nitrogens with zero attached hydrogens (tertiary/aromatic N) is 3. The van der Waals surface area contributed by atoms with E-state index in [4.69, 9.17) is 0 Å². The molecule has 1 aliphatic heterocycles. The molecular weight excluding hydrogens is 390 g/mol. The number of hydrogen-bond donors (Lipinski definition) is 2. The predicted molar refractivity (Wildman–Crippen MR) is 120 cm³/mol. The van der Waals surface area contributed by atoms with Gasteiger partial charge in [-0.2, -0.15) is 5.10 Å². The number of carbonyl (C=O) groups is 2. The largest absolute Gasteiger partial charge is 0.353 e. The topological polar surface area (TPSA) is 79.3 Å².